The van der Waals surface area contributed by atoms with Crippen molar-refractivity contribution in [2.45, 2.75) is 38.1 Å². The van der Waals surface area contributed by atoms with E-state index in [4.69, 9.17) is 4.74 Å². The number of ether oxygens (including phenoxy) is 1. The van der Waals surface area contributed by atoms with Crippen LogP contribution >= 0.6 is 0 Å². The van der Waals surface area contributed by atoms with E-state index < -0.39 is 0 Å². The van der Waals surface area contributed by atoms with E-state index in [1.54, 1.807) is 19.4 Å². The number of hydrogen-bond donors (Lipinski definition) is 1. The van der Waals surface area contributed by atoms with E-state index in [0.717, 1.165) is 37.2 Å². The number of nitrogens with one attached hydrogen (secondary N) is 1. The SMILES string of the molecule is COc1ccc(F)cc1CC1(NC(=O)c2cc(N3CC[C@H](C)C3)ccn2)CC1. The van der Waals surface area contributed by atoms with E-state index in [0.29, 0.717) is 23.8 Å². The predicted octanol–water partition coefficient (Wildman–Crippen LogP) is 3.58. The van der Waals surface area contributed by atoms with E-state index in [9.17, 15) is 9.18 Å². The van der Waals surface area contributed by atoms with Gasteiger partial charge in [-0.15, -0.1) is 0 Å². The molecular weight excluding hydrogens is 357 g/mol. The van der Waals surface area contributed by atoms with Crippen LogP contribution in [0.2, 0.25) is 0 Å². The van der Waals surface area contributed by atoms with Gasteiger partial charge in [-0.2, -0.15) is 0 Å². The quantitative estimate of drug-likeness (QED) is 0.828. The van der Waals surface area contributed by atoms with Crippen LogP contribution in [0.5, 0.6) is 5.75 Å². The molecule has 2 aromatic rings. The molecule has 1 aromatic heterocycles. The zero-order valence-electron chi connectivity index (χ0n) is 16.4. The lowest BCUT2D eigenvalue weighted by Crippen LogP contribution is -2.39. The number of aromatic nitrogens is 1. The average Bonchev–Trinajstić information content (AvgIpc) is 3.29. The molecule has 0 unspecified atom stereocenters. The Labute approximate surface area is 164 Å². The number of hydrogen-bond acceptors (Lipinski definition) is 4. The summed E-state index contributed by atoms with van der Waals surface area (Å²) in [5.74, 6) is 0.834. The lowest BCUT2D eigenvalue weighted by atomic mass is 10.0. The van der Waals surface area contributed by atoms with Crippen molar-refractivity contribution in [3.05, 3.63) is 53.6 Å². The first kappa shape index (κ1) is 18.7. The molecule has 1 aliphatic carbocycles. The van der Waals surface area contributed by atoms with Crippen LogP contribution in [0.4, 0.5) is 10.1 Å². The van der Waals surface area contributed by atoms with Crippen LogP contribution in [-0.2, 0) is 6.42 Å². The summed E-state index contributed by atoms with van der Waals surface area (Å²) in [6.45, 7) is 4.26. The molecule has 2 aliphatic rings. The highest BCUT2D eigenvalue weighted by Gasteiger charge is 2.45. The van der Waals surface area contributed by atoms with E-state index >= 15 is 0 Å². The summed E-state index contributed by atoms with van der Waals surface area (Å²) in [5.41, 5.74) is 1.89. The van der Waals surface area contributed by atoms with E-state index in [2.05, 4.69) is 22.1 Å². The molecular formula is C22H26FN3O2. The van der Waals surface area contributed by atoms with Gasteiger partial charge in [0.15, 0.2) is 0 Å². The van der Waals surface area contributed by atoms with Gasteiger partial charge < -0.3 is 15.0 Å². The second-order valence-electron chi connectivity index (χ2n) is 8.11. The van der Waals surface area contributed by atoms with Crippen molar-refractivity contribution in [3.63, 3.8) is 0 Å². The van der Waals surface area contributed by atoms with E-state index in [-0.39, 0.29) is 17.3 Å². The number of amides is 1. The fraction of sp³-hybridized carbons (Fsp3) is 0.455. The first-order chi connectivity index (χ1) is 13.5. The molecule has 4 rings (SSSR count). The molecule has 1 N–H and O–H groups in total. The molecule has 2 heterocycles. The van der Waals surface area contributed by atoms with Crippen molar-refractivity contribution < 1.29 is 13.9 Å². The lowest BCUT2D eigenvalue weighted by Gasteiger charge is -2.21. The van der Waals surface area contributed by atoms with Gasteiger partial charge >= 0.3 is 0 Å². The fourth-order valence-corrected chi connectivity index (χ4v) is 3.96. The lowest BCUT2D eigenvalue weighted by molar-refractivity contribution is 0.0926. The minimum Gasteiger partial charge on any atom is -0.496 e. The molecule has 6 heteroatoms. The molecule has 0 radical (unpaired) electrons. The minimum absolute atomic E-state index is 0.179. The van der Waals surface area contributed by atoms with Crippen molar-refractivity contribution >= 4 is 11.6 Å². The highest BCUT2D eigenvalue weighted by molar-refractivity contribution is 5.94. The first-order valence-corrected chi connectivity index (χ1v) is 9.84. The molecule has 1 aliphatic heterocycles. The topological polar surface area (TPSA) is 54.5 Å². The molecule has 28 heavy (non-hydrogen) atoms. The van der Waals surface area contributed by atoms with Gasteiger partial charge in [-0.3, -0.25) is 9.78 Å². The number of anilines is 1. The van der Waals surface area contributed by atoms with Gasteiger partial charge in [0.05, 0.1) is 7.11 Å². The number of methoxy groups -OCH3 is 1. The predicted molar refractivity (Wildman–Crippen MR) is 106 cm³/mol. The Bertz CT molecular complexity index is 882. The van der Waals surface area contributed by atoms with E-state index in [1.165, 1.54) is 18.6 Å². The van der Waals surface area contributed by atoms with Crippen molar-refractivity contribution in [1.29, 1.82) is 0 Å². The third-order valence-electron chi connectivity index (χ3n) is 5.77. The van der Waals surface area contributed by atoms with Gasteiger partial charge in [0, 0.05) is 30.5 Å². The van der Waals surface area contributed by atoms with Gasteiger partial charge in [0.25, 0.3) is 5.91 Å². The molecule has 1 amide bonds. The average molecular weight is 383 g/mol. The maximum Gasteiger partial charge on any atom is 0.270 e. The first-order valence-electron chi connectivity index (χ1n) is 9.84. The molecule has 2 fully saturated rings. The van der Waals surface area contributed by atoms with Crippen LogP contribution in [0, 0.1) is 11.7 Å². The molecule has 5 nitrogen and oxygen atoms in total. The van der Waals surface area contributed by atoms with Crippen molar-refractivity contribution in [2.75, 3.05) is 25.1 Å². The van der Waals surface area contributed by atoms with Crippen LogP contribution in [0.25, 0.3) is 0 Å². The Morgan fingerprint density at radius 2 is 2.18 bits per heavy atom. The summed E-state index contributed by atoms with van der Waals surface area (Å²) in [6.07, 6.45) is 5.14. The van der Waals surface area contributed by atoms with Gasteiger partial charge in [-0.05, 0) is 67.5 Å². The molecule has 1 saturated heterocycles. The minimum atomic E-state index is -0.349. The maximum atomic E-state index is 13.7. The maximum absolute atomic E-state index is 13.7. The number of carbonyl (C=O) groups excluding carboxylic acids is 1. The second-order valence-corrected chi connectivity index (χ2v) is 8.11. The summed E-state index contributed by atoms with van der Waals surface area (Å²) < 4.78 is 19.0. The number of benzene rings is 1. The van der Waals surface area contributed by atoms with Crippen molar-refractivity contribution in [3.8, 4) is 5.75 Å². The molecule has 1 atom stereocenters. The smallest absolute Gasteiger partial charge is 0.270 e. The highest BCUT2D eigenvalue weighted by Crippen LogP contribution is 2.41. The summed E-state index contributed by atoms with van der Waals surface area (Å²) >= 11 is 0. The summed E-state index contributed by atoms with van der Waals surface area (Å²) in [5, 5.41) is 3.13. The van der Waals surface area contributed by atoms with Crippen molar-refractivity contribution in [1.82, 2.24) is 10.3 Å². The molecule has 0 spiro atoms. The van der Waals surface area contributed by atoms with Gasteiger partial charge in [0.2, 0.25) is 0 Å². The van der Waals surface area contributed by atoms with Crippen LogP contribution in [0.15, 0.2) is 36.5 Å². The number of rotatable bonds is 6. The van der Waals surface area contributed by atoms with Gasteiger partial charge in [0.1, 0.15) is 17.3 Å². The monoisotopic (exact) mass is 383 g/mol. The Balaban J connectivity index is 1.47. The van der Waals surface area contributed by atoms with Crippen LogP contribution in [0.3, 0.4) is 0 Å². The summed E-state index contributed by atoms with van der Waals surface area (Å²) in [4.78, 5) is 19.4. The summed E-state index contributed by atoms with van der Waals surface area (Å²) in [6, 6.07) is 8.32. The number of carbonyl (C=O) groups is 1. The Hall–Kier alpha value is -2.63. The van der Waals surface area contributed by atoms with Crippen LogP contribution in [0.1, 0.15) is 42.2 Å². The van der Waals surface area contributed by atoms with Crippen LogP contribution in [-0.4, -0.2) is 36.6 Å². The third kappa shape index (κ3) is 3.96. The molecule has 148 valence electrons. The molecule has 1 saturated carbocycles. The van der Waals surface area contributed by atoms with E-state index in [1.807, 2.05) is 12.1 Å². The Morgan fingerprint density at radius 1 is 1.36 bits per heavy atom. The third-order valence-corrected chi connectivity index (χ3v) is 5.77. The zero-order valence-corrected chi connectivity index (χ0v) is 16.4. The number of nitrogens with zero attached hydrogens (tertiary/aromatic N) is 2. The standard InChI is InChI=1S/C22H26FN3O2/c1-15-6-10-26(14-15)18-5-9-24-19(12-18)21(27)25-22(7-8-22)13-16-11-17(23)3-4-20(16)28-2/h3-5,9,11-12,15H,6-8,10,13-14H2,1-2H3,(H,25,27)/t15-/m0/s1. The van der Waals surface area contributed by atoms with Crippen LogP contribution < -0.4 is 15.0 Å². The number of pyridine rings is 1. The molecule has 1 aromatic carbocycles. The summed E-state index contributed by atoms with van der Waals surface area (Å²) in [7, 11) is 1.57. The largest absolute Gasteiger partial charge is 0.496 e. The fourth-order valence-electron chi connectivity index (χ4n) is 3.96. The van der Waals surface area contributed by atoms with Gasteiger partial charge in [-0.25, -0.2) is 4.39 Å². The van der Waals surface area contributed by atoms with Crippen molar-refractivity contribution in [2.24, 2.45) is 5.92 Å². The second kappa shape index (κ2) is 7.41. The molecule has 0 bridgehead atoms. The van der Waals surface area contributed by atoms with Gasteiger partial charge in [-0.1, -0.05) is 6.92 Å². The zero-order chi connectivity index (χ0) is 19.7. The highest BCUT2D eigenvalue weighted by atomic mass is 19.1. The Morgan fingerprint density at radius 3 is 2.86 bits per heavy atom. The Kier molecular flexibility index (Phi) is 4.96. The normalized spacial score (nSPS) is 20.1. The number of halogens is 1.